The van der Waals surface area contributed by atoms with Crippen LogP contribution in [0.1, 0.15) is 32.1 Å². The topological polar surface area (TPSA) is 82.8 Å². The normalized spacial score (nSPS) is 23.2. The molecular weight excluding hydrogens is 242 g/mol. The van der Waals surface area contributed by atoms with E-state index in [2.05, 4.69) is 20.5 Å². The van der Waals surface area contributed by atoms with Crippen molar-refractivity contribution in [2.24, 2.45) is 10.7 Å². The van der Waals surface area contributed by atoms with E-state index >= 15 is 0 Å². The molecule has 0 aromatic heterocycles. The van der Waals surface area contributed by atoms with Crippen molar-refractivity contribution in [2.75, 3.05) is 32.7 Å². The summed E-state index contributed by atoms with van der Waals surface area (Å²) in [6.45, 7) is 3.56. The van der Waals surface area contributed by atoms with Gasteiger partial charge in [0.05, 0.1) is 13.1 Å². The van der Waals surface area contributed by atoms with E-state index < -0.39 is 0 Å². The molecule has 2 aliphatic rings. The van der Waals surface area contributed by atoms with Crippen molar-refractivity contribution in [3.8, 4) is 0 Å². The van der Waals surface area contributed by atoms with Gasteiger partial charge in [0, 0.05) is 25.7 Å². The second-order valence-electron chi connectivity index (χ2n) is 5.37. The molecule has 2 fully saturated rings. The molecule has 0 aromatic rings. The largest absolute Gasteiger partial charge is 0.370 e. The average Bonchev–Trinajstić information content (AvgIpc) is 2.40. The maximum Gasteiger partial charge on any atom is 0.234 e. The van der Waals surface area contributed by atoms with Crippen LogP contribution in [0.15, 0.2) is 4.99 Å². The van der Waals surface area contributed by atoms with E-state index in [1.807, 2.05) is 0 Å². The Labute approximate surface area is 114 Å². The summed E-state index contributed by atoms with van der Waals surface area (Å²) in [6.07, 6.45) is 6.30. The fraction of sp³-hybridized carbons (Fsp3) is 0.846. The van der Waals surface area contributed by atoms with Crippen LogP contribution in [0.25, 0.3) is 0 Å². The number of aliphatic imine (C=N–C) groups is 1. The van der Waals surface area contributed by atoms with E-state index in [4.69, 9.17) is 5.73 Å². The van der Waals surface area contributed by atoms with Crippen LogP contribution in [-0.2, 0) is 4.79 Å². The summed E-state index contributed by atoms with van der Waals surface area (Å²) in [5.41, 5.74) is 5.89. The summed E-state index contributed by atoms with van der Waals surface area (Å²) in [7, 11) is 0. The summed E-state index contributed by atoms with van der Waals surface area (Å²) in [5.74, 6) is 0.650. The Kier molecular flexibility index (Phi) is 5.44. The second-order valence-corrected chi connectivity index (χ2v) is 5.37. The van der Waals surface area contributed by atoms with Crippen molar-refractivity contribution in [2.45, 2.75) is 38.1 Å². The minimum atomic E-state index is 0.100. The highest BCUT2D eigenvalue weighted by Crippen LogP contribution is 2.16. The molecule has 2 rings (SSSR count). The van der Waals surface area contributed by atoms with Crippen molar-refractivity contribution >= 4 is 11.9 Å². The molecule has 19 heavy (non-hydrogen) atoms. The number of nitrogens with zero attached hydrogens (tertiary/aromatic N) is 2. The van der Waals surface area contributed by atoms with E-state index in [9.17, 15) is 4.79 Å². The number of hydrogen-bond donors (Lipinski definition) is 3. The van der Waals surface area contributed by atoms with Gasteiger partial charge in [0.2, 0.25) is 5.91 Å². The Bertz CT molecular complexity index is 325. The highest BCUT2D eigenvalue weighted by atomic mass is 16.2. The van der Waals surface area contributed by atoms with Gasteiger partial charge in [-0.25, -0.2) is 0 Å². The molecule has 0 bridgehead atoms. The Hall–Kier alpha value is -1.30. The van der Waals surface area contributed by atoms with Gasteiger partial charge < -0.3 is 16.4 Å². The van der Waals surface area contributed by atoms with Crippen LogP contribution in [0.2, 0.25) is 0 Å². The molecule has 1 heterocycles. The third kappa shape index (κ3) is 5.06. The fourth-order valence-corrected chi connectivity index (χ4v) is 2.70. The molecule has 4 N–H and O–H groups in total. The Morgan fingerprint density at radius 3 is 2.95 bits per heavy atom. The highest BCUT2D eigenvalue weighted by Gasteiger charge is 2.15. The van der Waals surface area contributed by atoms with Gasteiger partial charge in [0.15, 0.2) is 5.96 Å². The summed E-state index contributed by atoms with van der Waals surface area (Å²) >= 11 is 0. The number of nitrogens with one attached hydrogen (secondary N) is 2. The van der Waals surface area contributed by atoms with Crippen molar-refractivity contribution in [1.29, 1.82) is 0 Å². The number of nitrogens with two attached hydrogens (primary N) is 1. The number of amides is 1. The lowest BCUT2D eigenvalue weighted by atomic mass is 9.96. The lowest BCUT2D eigenvalue weighted by Crippen LogP contribution is -2.48. The second kappa shape index (κ2) is 7.33. The molecule has 0 atom stereocenters. The number of hydrogen-bond acceptors (Lipinski definition) is 3. The van der Waals surface area contributed by atoms with Crippen LogP contribution < -0.4 is 16.4 Å². The molecule has 6 nitrogen and oxygen atoms in total. The first-order valence-corrected chi connectivity index (χ1v) is 7.29. The quantitative estimate of drug-likeness (QED) is 0.480. The van der Waals surface area contributed by atoms with Gasteiger partial charge in [-0.3, -0.25) is 14.7 Å². The van der Waals surface area contributed by atoms with Gasteiger partial charge in [-0.1, -0.05) is 19.3 Å². The van der Waals surface area contributed by atoms with Crippen LogP contribution >= 0.6 is 0 Å². The lowest BCUT2D eigenvalue weighted by Gasteiger charge is -2.26. The summed E-state index contributed by atoms with van der Waals surface area (Å²) < 4.78 is 0. The van der Waals surface area contributed by atoms with Crippen LogP contribution in [0, 0.1) is 0 Å². The van der Waals surface area contributed by atoms with E-state index in [1.54, 1.807) is 0 Å². The van der Waals surface area contributed by atoms with Gasteiger partial charge in [-0.15, -0.1) is 0 Å². The molecule has 0 radical (unpaired) electrons. The molecule has 0 spiro atoms. The third-order valence-corrected chi connectivity index (χ3v) is 3.77. The van der Waals surface area contributed by atoms with Gasteiger partial charge in [0.25, 0.3) is 0 Å². The van der Waals surface area contributed by atoms with Crippen molar-refractivity contribution in [3.63, 3.8) is 0 Å². The number of rotatable bonds is 4. The third-order valence-electron chi connectivity index (χ3n) is 3.77. The average molecular weight is 267 g/mol. The predicted octanol–water partition coefficient (Wildman–Crippen LogP) is -0.345. The highest BCUT2D eigenvalue weighted by molar-refractivity contribution is 5.79. The SMILES string of the molecule is NC(=NCCN1CCNC(=O)C1)NC1CCCCC1. The Morgan fingerprint density at radius 1 is 1.42 bits per heavy atom. The standard InChI is InChI=1S/C13H25N5O/c14-13(17-11-4-2-1-3-5-11)16-7-9-18-8-6-15-12(19)10-18/h11H,1-10H2,(H,15,19)(H3,14,16,17). The maximum absolute atomic E-state index is 11.2. The number of guanidine groups is 1. The van der Waals surface area contributed by atoms with Crippen LogP contribution in [0.5, 0.6) is 0 Å². The van der Waals surface area contributed by atoms with Gasteiger partial charge in [-0.2, -0.15) is 0 Å². The summed E-state index contributed by atoms with van der Waals surface area (Å²) in [5, 5.41) is 6.11. The van der Waals surface area contributed by atoms with Crippen molar-refractivity contribution < 1.29 is 4.79 Å². The van der Waals surface area contributed by atoms with E-state index in [1.165, 1.54) is 32.1 Å². The molecule has 108 valence electrons. The first-order chi connectivity index (χ1) is 9.24. The van der Waals surface area contributed by atoms with E-state index in [0.717, 1.165) is 19.6 Å². The predicted molar refractivity (Wildman–Crippen MR) is 75.9 cm³/mol. The summed E-state index contributed by atoms with van der Waals surface area (Å²) in [6, 6.07) is 0.498. The van der Waals surface area contributed by atoms with Crippen molar-refractivity contribution in [3.05, 3.63) is 0 Å². The number of carbonyl (C=O) groups excluding carboxylic acids is 1. The molecule has 1 aliphatic carbocycles. The maximum atomic E-state index is 11.2. The Balaban J connectivity index is 1.64. The first-order valence-electron chi connectivity index (χ1n) is 7.29. The van der Waals surface area contributed by atoms with E-state index in [-0.39, 0.29) is 5.91 Å². The number of carbonyl (C=O) groups is 1. The zero-order valence-corrected chi connectivity index (χ0v) is 11.5. The molecular formula is C13H25N5O. The fourth-order valence-electron chi connectivity index (χ4n) is 2.70. The zero-order chi connectivity index (χ0) is 13.5. The molecule has 1 saturated carbocycles. The van der Waals surface area contributed by atoms with Gasteiger partial charge in [0.1, 0.15) is 0 Å². The minimum Gasteiger partial charge on any atom is -0.370 e. The number of piperazine rings is 1. The lowest BCUT2D eigenvalue weighted by molar-refractivity contribution is -0.124. The zero-order valence-electron chi connectivity index (χ0n) is 11.5. The van der Waals surface area contributed by atoms with Gasteiger partial charge >= 0.3 is 0 Å². The summed E-state index contributed by atoms with van der Waals surface area (Å²) in [4.78, 5) is 17.7. The van der Waals surface area contributed by atoms with Crippen molar-refractivity contribution in [1.82, 2.24) is 15.5 Å². The van der Waals surface area contributed by atoms with Crippen LogP contribution in [-0.4, -0.2) is 55.5 Å². The molecule has 1 saturated heterocycles. The van der Waals surface area contributed by atoms with Crippen LogP contribution in [0.4, 0.5) is 0 Å². The van der Waals surface area contributed by atoms with Crippen LogP contribution in [0.3, 0.4) is 0 Å². The molecule has 0 aromatic carbocycles. The van der Waals surface area contributed by atoms with Gasteiger partial charge in [-0.05, 0) is 12.8 Å². The minimum absolute atomic E-state index is 0.100. The Morgan fingerprint density at radius 2 is 2.21 bits per heavy atom. The molecule has 6 heteroatoms. The van der Waals surface area contributed by atoms with E-state index in [0.29, 0.717) is 25.1 Å². The smallest absolute Gasteiger partial charge is 0.234 e. The molecule has 0 unspecified atom stereocenters. The molecule has 1 aliphatic heterocycles. The first kappa shape index (κ1) is 14.1. The monoisotopic (exact) mass is 267 g/mol. The molecule has 1 amide bonds.